The van der Waals surface area contributed by atoms with Crippen molar-refractivity contribution in [3.05, 3.63) is 54.1 Å². The molecule has 1 N–H and O–H groups in total. The lowest BCUT2D eigenvalue weighted by molar-refractivity contribution is -0.122. The van der Waals surface area contributed by atoms with Gasteiger partial charge in [0.2, 0.25) is 15.9 Å². The predicted molar refractivity (Wildman–Crippen MR) is 114 cm³/mol. The molecule has 0 aromatic heterocycles. The predicted octanol–water partition coefficient (Wildman–Crippen LogP) is 3.13. The average molecular weight is 421 g/mol. The number of ether oxygens (including phenoxy) is 2. The molecule has 2 aromatic rings. The van der Waals surface area contributed by atoms with Gasteiger partial charge in [0.1, 0.15) is 17.5 Å². The molecule has 2 aromatic carbocycles. The van der Waals surface area contributed by atoms with E-state index in [1.54, 1.807) is 38.3 Å². The molecule has 0 aliphatic rings. The summed E-state index contributed by atoms with van der Waals surface area (Å²) in [5.74, 6) is 0.960. The van der Waals surface area contributed by atoms with E-state index in [4.69, 9.17) is 9.47 Å². The molecular weight excluding hydrogens is 392 g/mol. The molecule has 2 rings (SSSR count). The van der Waals surface area contributed by atoms with Gasteiger partial charge in [-0.1, -0.05) is 12.1 Å². The van der Waals surface area contributed by atoms with Gasteiger partial charge in [-0.05, 0) is 62.7 Å². The Morgan fingerprint density at radius 2 is 1.59 bits per heavy atom. The molecule has 0 radical (unpaired) electrons. The van der Waals surface area contributed by atoms with Crippen LogP contribution in [0, 0.1) is 0 Å². The first kappa shape index (κ1) is 22.5. The highest BCUT2D eigenvalue weighted by Gasteiger charge is 2.30. The van der Waals surface area contributed by atoms with Crippen molar-refractivity contribution in [2.75, 3.05) is 24.3 Å². The zero-order valence-corrected chi connectivity index (χ0v) is 18.2. The summed E-state index contributed by atoms with van der Waals surface area (Å²) in [6.07, 6.45) is 1.08. The van der Waals surface area contributed by atoms with E-state index in [9.17, 15) is 13.2 Å². The first-order valence-electron chi connectivity index (χ1n) is 9.34. The van der Waals surface area contributed by atoms with Gasteiger partial charge in [0.05, 0.1) is 31.7 Å². The molecule has 1 amide bonds. The highest BCUT2D eigenvalue weighted by atomic mass is 32.2. The fraction of sp³-hybridized carbons (Fsp3) is 0.381. The number of hydrogen-bond donors (Lipinski definition) is 1. The summed E-state index contributed by atoms with van der Waals surface area (Å²) in [5, 5.41) is 2.88. The van der Waals surface area contributed by atoms with Crippen LogP contribution in [0.15, 0.2) is 48.5 Å². The van der Waals surface area contributed by atoms with Crippen molar-refractivity contribution >= 4 is 21.6 Å². The maximum atomic E-state index is 12.8. The van der Waals surface area contributed by atoms with Crippen molar-refractivity contribution < 1.29 is 22.7 Å². The normalized spacial score (nSPS) is 13.3. The lowest BCUT2D eigenvalue weighted by Gasteiger charge is -2.29. The van der Waals surface area contributed by atoms with Crippen LogP contribution in [0.2, 0.25) is 0 Å². The maximum absolute atomic E-state index is 12.8. The van der Waals surface area contributed by atoms with Gasteiger partial charge >= 0.3 is 0 Å². The zero-order chi connectivity index (χ0) is 21.6. The number of nitrogens with zero attached hydrogens (tertiary/aromatic N) is 1. The molecule has 0 unspecified atom stereocenters. The van der Waals surface area contributed by atoms with E-state index in [0.717, 1.165) is 21.9 Å². The third kappa shape index (κ3) is 5.87. The molecule has 8 heteroatoms. The summed E-state index contributed by atoms with van der Waals surface area (Å²) in [7, 11) is -2.10. The van der Waals surface area contributed by atoms with Gasteiger partial charge < -0.3 is 14.8 Å². The maximum Gasteiger partial charge on any atom is 0.244 e. The summed E-state index contributed by atoms with van der Waals surface area (Å²) in [5.41, 5.74) is 1.29. The van der Waals surface area contributed by atoms with Crippen molar-refractivity contribution in [1.82, 2.24) is 5.32 Å². The average Bonchev–Trinajstić information content (AvgIpc) is 2.68. The van der Waals surface area contributed by atoms with Gasteiger partial charge in [-0.2, -0.15) is 0 Å². The number of methoxy groups -OCH3 is 1. The SMILES string of the molecule is CCOc1ccc(N([C@H](C)C(=O)N[C@H](C)c2ccc(OC)cc2)S(C)(=O)=O)cc1. The molecule has 29 heavy (non-hydrogen) atoms. The first-order valence-corrected chi connectivity index (χ1v) is 11.2. The quantitative estimate of drug-likeness (QED) is 0.674. The van der Waals surface area contributed by atoms with E-state index in [-0.39, 0.29) is 6.04 Å². The number of rotatable bonds is 9. The number of sulfonamides is 1. The number of anilines is 1. The number of nitrogens with one attached hydrogen (secondary N) is 1. The third-order valence-corrected chi connectivity index (χ3v) is 5.71. The van der Waals surface area contributed by atoms with E-state index >= 15 is 0 Å². The molecule has 0 bridgehead atoms. The van der Waals surface area contributed by atoms with Crippen LogP contribution in [-0.4, -0.2) is 40.3 Å². The molecule has 0 fully saturated rings. The fourth-order valence-corrected chi connectivity index (χ4v) is 4.15. The molecule has 2 atom stereocenters. The molecule has 158 valence electrons. The second-order valence-corrected chi connectivity index (χ2v) is 8.52. The van der Waals surface area contributed by atoms with Crippen LogP contribution in [0.4, 0.5) is 5.69 Å². The molecule has 7 nitrogen and oxygen atoms in total. The third-order valence-electron chi connectivity index (χ3n) is 4.47. The van der Waals surface area contributed by atoms with Gasteiger partial charge in [-0.3, -0.25) is 9.10 Å². The molecule has 0 spiro atoms. The number of benzene rings is 2. The van der Waals surface area contributed by atoms with Crippen LogP contribution in [0.25, 0.3) is 0 Å². The van der Waals surface area contributed by atoms with E-state index in [2.05, 4.69) is 5.32 Å². The first-order chi connectivity index (χ1) is 13.7. The van der Waals surface area contributed by atoms with Crippen LogP contribution >= 0.6 is 0 Å². The Balaban J connectivity index is 2.19. The van der Waals surface area contributed by atoms with Crippen LogP contribution in [0.1, 0.15) is 32.4 Å². The topological polar surface area (TPSA) is 84.9 Å². The summed E-state index contributed by atoms with van der Waals surface area (Å²) in [6, 6.07) is 12.7. The highest BCUT2D eigenvalue weighted by Crippen LogP contribution is 2.25. The van der Waals surface area contributed by atoms with Crippen LogP contribution < -0.4 is 19.1 Å². The van der Waals surface area contributed by atoms with E-state index < -0.39 is 22.0 Å². The van der Waals surface area contributed by atoms with Crippen molar-refractivity contribution in [3.63, 3.8) is 0 Å². The van der Waals surface area contributed by atoms with Gasteiger partial charge in [0.15, 0.2) is 0 Å². The van der Waals surface area contributed by atoms with Gasteiger partial charge in [-0.15, -0.1) is 0 Å². The Morgan fingerprint density at radius 1 is 1.03 bits per heavy atom. The van der Waals surface area contributed by atoms with E-state index in [0.29, 0.717) is 18.0 Å². The van der Waals surface area contributed by atoms with Crippen LogP contribution in [-0.2, 0) is 14.8 Å². The Labute approximate surface area is 172 Å². The van der Waals surface area contributed by atoms with Gasteiger partial charge in [0, 0.05) is 0 Å². The standard InChI is InChI=1S/C21H28N2O5S/c1-6-28-20-13-9-18(10-14-20)23(29(5,25)26)16(3)21(24)22-15(2)17-7-11-19(27-4)12-8-17/h7-16H,6H2,1-5H3,(H,22,24)/t15-,16-/m1/s1. The number of carbonyl (C=O) groups is 1. The Hall–Kier alpha value is -2.74. The smallest absolute Gasteiger partial charge is 0.244 e. The molecule has 0 heterocycles. The van der Waals surface area contributed by atoms with Crippen molar-refractivity contribution in [3.8, 4) is 11.5 Å². The molecule has 0 aliphatic carbocycles. The van der Waals surface area contributed by atoms with Crippen LogP contribution in [0.5, 0.6) is 11.5 Å². The fourth-order valence-electron chi connectivity index (χ4n) is 2.97. The lowest BCUT2D eigenvalue weighted by Crippen LogP contribution is -2.48. The lowest BCUT2D eigenvalue weighted by atomic mass is 10.1. The van der Waals surface area contributed by atoms with E-state index in [1.807, 2.05) is 38.1 Å². The second-order valence-electron chi connectivity index (χ2n) is 6.67. The van der Waals surface area contributed by atoms with Crippen molar-refractivity contribution in [2.45, 2.75) is 32.9 Å². The Kier molecular flexibility index (Phi) is 7.50. The van der Waals surface area contributed by atoms with Crippen molar-refractivity contribution in [2.24, 2.45) is 0 Å². The minimum atomic E-state index is -3.68. The Bertz CT molecular complexity index is 911. The number of amides is 1. The Morgan fingerprint density at radius 3 is 2.07 bits per heavy atom. The highest BCUT2D eigenvalue weighted by molar-refractivity contribution is 7.92. The minimum Gasteiger partial charge on any atom is -0.497 e. The second kappa shape index (κ2) is 9.65. The largest absolute Gasteiger partial charge is 0.497 e. The minimum absolute atomic E-state index is 0.294. The summed E-state index contributed by atoms with van der Waals surface area (Å²) >= 11 is 0. The molecule has 0 aliphatic heterocycles. The molecular formula is C21H28N2O5S. The summed E-state index contributed by atoms with van der Waals surface area (Å²) in [6.45, 7) is 5.78. The zero-order valence-electron chi connectivity index (χ0n) is 17.4. The number of hydrogen-bond acceptors (Lipinski definition) is 5. The molecule has 0 saturated carbocycles. The van der Waals surface area contributed by atoms with Gasteiger partial charge in [0.25, 0.3) is 0 Å². The molecule has 0 saturated heterocycles. The summed E-state index contributed by atoms with van der Waals surface area (Å²) < 4.78 is 36.5. The summed E-state index contributed by atoms with van der Waals surface area (Å²) in [4.78, 5) is 12.8. The number of carbonyl (C=O) groups excluding carboxylic acids is 1. The monoisotopic (exact) mass is 420 g/mol. The van der Waals surface area contributed by atoms with Crippen LogP contribution in [0.3, 0.4) is 0 Å². The van der Waals surface area contributed by atoms with Crippen molar-refractivity contribution in [1.29, 1.82) is 0 Å². The van der Waals surface area contributed by atoms with E-state index in [1.165, 1.54) is 0 Å². The van der Waals surface area contributed by atoms with Gasteiger partial charge in [-0.25, -0.2) is 8.42 Å².